The van der Waals surface area contributed by atoms with Gasteiger partial charge in [-0.05, 0) is 57.6 Å². The summed E-state index contributed by atoms with van der Waals surface area (Å²) in [5.41, 5.74) is -0.241. The molecule has 2 fully saturated rings. The van der Waals surface area contributed by atoms with E-state index in [1.807, 2.05) is 26.0 Å². The fourth-order valence-corrected chi connectivity index (χ4v) is 4.11. The number of rotatable bonds is 4. The largest absolute Gasteiger partial charge is 0.496 e. The van der Waals surface area contributed by atoms with Gasteiger partial charge in [-0.2, -0.15) is 0 Å². The van der Waals surface area contributed by atoms with Crippen molar-refractivity contribution < 1.29 is 19.1 Å². The molecule has 3 rings (SSSR count). The zero-order valence-corrected chi connectivity index (χ0v) is 16.7. The van der Waals surface area contributed by atoms with E-state index in [0.29, 0.717) is 17.2 Å². The topological polar surface area (TPSA) is 67.9 Å². The van der Waals surface area contributed by atoms with Crippen LogP contribution < -0.4 is 10.1 Å². The normalized spacial score (nSPS) is 27.8. The molecule has 1 saturated carbocycles. The Kier molecular flexibility index (Phi) is 5.75. The van der Waals surface area contributed by atoms with E-state index in [1.54, 1.807) is 24.1 Å². The van der Waals surface area contributed by atoms with Crippen molar-refractivity contribution in [1.29, 1.82) is 0 Å². The monoisotopic (exact) mass is 374 g/mol. The first-order chi connectivity index (χ1) is 12.9. The summed E-state index contributed by atoms with van der Waals surface area (Å²) in [6.45, 7) is 6.28. The molecule has 1 atom stereocenters. The summed E-state index contributed by atoms with van der Waals surface area (Å²) in [4.78, 5) is 28.1. The Morgan fingerprint density at radius 1 is 1.26 bits per heavy atom. The second kappa shape index (κ2) is 7.89. The average Bonchev–Trinajstić information content (AvgIpc) is 3.02. The highest BCUT2D eigenvalue weighted by Gasteiger charge is 2.53. The fraction of sp³-hybridized carbons (Fsp3) is 0.619. The van der Waals surface area contributed by atoms with Gasteiger partial charge in [-0.1, -0.05) is 19.1 Å². The maximum atomic E-state index is 13.6. The van der Waals surface area contributed by atoms with Crippen molar-refractivity contribution in [2.45, 2.75) is 64.3 Å². The van der Waals surface area contributed by atoms with Crippen LogP contribution in [0.25, 0.3) is 0 Å². The van der Waals surface area contributed by atoms with Crippen LogP contribution in [0.15, 0.2) is 24.3 Å². The quantitative estimate of drug-likeness (QED) is 0.880. The predicted octanol–water partition coefficient (Wildman–Crippen LogP) is 2.97. The van der Waals surface area contributed by atoms with Crippen molar-refractivity contribution >= 4 is 11.8 Å². The number of carbonyl (C=O) groups excluding carboxylic acids is 2. The number of para-hydroxylation sites is 1. The van der Waals surface area contributed by atoms with Crippen LogP contribution in [0.3, 0.4) is 0 Å². The van der Waals surface area contributed by atoms with Gasteiger partial charge >= 0.3 is 0 Å². The molecule has 1 spiro atoms. The van der Waals surface area contributed by atoms with E-state index < -0.39 is 11.8 Å². The Morgan fingerprint density at radius 3 is 2.56 bits per heavy atom. The molecule has 0 bridgehead atoms. The molecule has 6 heteroatoms. The summed E-state index contributed by atoms with van der Waals surface area (Å²) in [6, 6.07) is 6.53. The lowest BCUT2D eigenvalue weighted by Crippen LogP contribution is -2.57. The number of carbonyl (C=O) groups is 2. The van der Waals surface area contributed by atoms with E-state index in [1.165, 1.54) is 0 Å². The SMILES string of the molecule is COc1ccccc1C(=O)N1[C@@H](C(=O)NC(C)C)COC12CCC(C)CC2. The van der Waals surface area contributed by atoms with E-state index in [0.717, 1.165) is 25.7 Å². The molecule has 0 radical (unpaired) electrons. The molecule has 1 aromatic carbocycles. The van der Waals surface area contributed by atoms with E-state index in [-0.39, 0.29) is 24.5 Å². The summed E-state index contributed by atoms with van der Waals surface area (Å²) in [5, 5.41) is 2.94. The summed E-state index contributed by atoms with van der Waals surface area (Å²) in [7, 11) is 1.55. The number of hydrogen-bond acceptors (Lipinski definition) is 4. The predicted molar refractivity (Wildman–Crippen MR) is 103 cm³/mol. The lowest BCUT2D eigenvalue weighted by molar-refractivity contribution is -0.128. The molecule has 6 nitrogen and oxygen atoms in total. The Bertz CT molecular complexity index is 695. The van der Waals surface area contributed by atoms with Crippen LogP contribution >= 0.6 is 0 Å². The van der Waals surface area contributed by atoms with Crippen LogP contribution in [-0.2, 0) is 9.53 Å². The van der Waals surface area contributed by atoms with Crippen LogP contribution in [0.5, 0.6) is 5.75 Å². The van der Waals surface area contributed by atoms with Gasteiger partial charge in [-0.15, -0.1) is 0 Å². The van der Waals surface area contributed by atoms with Gasteiger partial charge in [0.15, 0.2) is 0 Å². The van der Waals surface area contributed by atoms with Crippen LogP contribution in [0, 0.1) is 5.92 Å². The minimum Gasteiger partial charge on any atom is -0.496 e. The summed E-state index contributed by atoms with van der Waals surface area (Å²) >= 11 is 0. The van der Waals surface area contributed by atoms with Crippen LogP contribution in [0.1, 0.15) is 56.8 Å². The van der Waals surface area contributed by atoms with Crippen molar-refractivity contribution in [3.63, 3.8) is 0 Å². The summed E-state index contributed by atoms with van der Waals surface area (Å²) < 4.78 is 11.6. The van der Waals surface area contributed by atoms with Gasteiger partial charge in [0.2, 0.25) is 5.91 Å². The number of ether oxygens (including phenoxy) is 2. The molecule has 1 aliphatic heterocycles. The maximum absolute atomic E-state index is 13.6. The molecule has 1 saturated heterocycles. The zero-order valence-electron chi connectivity index (χ0n) is 16.7. The maximum Gasteiger partial charge on any atom is 0.260 e. The molecule has 1 aromatic rings. The van der Waals surface area contributed by atoms with Crippen molar-refractivity contribution in [3.8, 4) is 5.75 Å². The Hall–Kier alpha value is -2.08. The van der Waals surface area contributed by atoms with Gasteiger partial charge in [0.25, 0.3) is 5.91 Å². The summed E-state index contributed by atoms with van der Waals surface area (Å²) in [5.74, 6) is 0.745. The second-order valence-electron chi connectivity index (χ2n) is 7.99. The van der Waals surface area contributed by atoms with Crippen molar-refractivity contribution in [3.05, 3.63) is 29.8 Å². The number of benzene rings is 1. The highest BCUT2D eigenvalue weighted by atomic mass is 16.5. The van der Waals surface area contributed by atoms with Gasteiger partial charge in [-0.3, -0.25) is 14.5 Å². The minimum absolute atomic E-state index is 0.00337. The molecule has 148 valence electrons. The van der Waals surface area contributed by atoms with Crippen LogP contribution in [-0.4, -0.2) is 48.2 Å². The second-order valence-corrected chi connectivity index (χ2v) is 7.99. The smallest absolute Gasteiger partial charge is 0.260 e. The first kappa shape index (κ1) is 19.7. The first-order valence-electron chi connectivity index (χ1n) is 9.79. The molecule has 1 N–H and O–H groups in total. The lowest BCUT2D eigenvalue weighted by atomic mass is 9.83. The number of methoxy groups -OCH3 is 1. The molecule has 0 aromatic heterocycles. The molecular weight excluding hydrogens is 344 g/mol. The van der Waals surface area contributed by atoms with E-state index >= 15 is 0 Å². The van der Waals surface area contributed by atoms with Crippen molar-refractivity contribution in [2.24, 2.45) is 5.92 Å². The third-order valence-electron chi connectivity index (χ3n) is 5.61. The van der Waals surface area contributed by atoms with Crippen LogP contribution in [0.4, 0.5) is 0 Å². The van der Waals surface area contributed by atoms with Crippen molar-refractivity contribution in [2.75, 3.05) is 13.7 Å². The number of nitrogens with one attached hydrogen (secondary N) is 1. The van der Waals surface area contributed by atoms with Gasteiger partial charge in [0.05, 0.1) is 19.3 Å². The highest BCUT2D eigenvalue weighted by Crippen LogP contribution is 2.43. The third kappa shape index (κ3) is 3.81. The molecule has 0 unspecified atom stereocenters. The Labute approximate surface area is 161 Å². The first-order valence-corrected chi connectivity index (χ1v) is 9.79. The standard InChI is InChI=1S/C21H30N2O4/c1-14(2)22-19(24)17-13-27-21(11-9-15(3)10-12-21)23(17)20(25)16-7-5-6-8-18(16)26-4/h5-8,14-15,17H,9-13H2,1-4H3,(H,22,24)/t15?,17-,21?/m1/s1. The van der Waals surface area contributed by atoms with E-state index in [9.17, 15) is 9.59 Å². The number of hydrogen-bond donors (Lipinski definition) is 1. The van der Waals surface area contributed by atoms with Crippen LogP contribution in [0.2, 0.25) is 0 Å². The van der Waals surface area contributed by atoms with Gasteiger partial charge < -0.3 is 14.8 Å². The molecule has 2 aliphatic rings. The van der Waals surface area contributed by atoms with Gasteiger partial charge in [0.1, 0.15) is 17.5 Å². The van der Waals surface area contributed by atoms with E-state index in [4.69, 9.17) is 9.47 Å². The molecule has 1 aliphatic carbocycles. The fourth-order valence-electron chi connectivity index (χ4n) is 4.11. The summed E-state index contributed by atoms with van der Waals surface area (Å²) in [6.07, 6.45) is 3.46. The molecular formula is C21H30N2O4. The lowest BCUT2D eigenvalue weighted by Gasteiger charge is -2.43. The van der Waals surface area contributed by atoms with Gasteiger partial charge in [-0.25, -0.2) is 0 Å². The molecule has 27 heavy (non-hydrogen) atoms. The van der Waals surface area contributed by atoms with E-state index in [2.05, 4.69) is 12.2 Å². The number of amides is 2. The van der Waals surface area contributed by atoms with Gasteiger partial charge in [0, 0.05) is 6.04 Å². The minimum atomic E-state index is -0.705. The Balaban J connectivity index is 1.97. The third-order valence-corrected chi connectivity index (χ3v) is 5.61. The highest BCUT2D eigenvalue weighted by molar-refractivity contribution is 6.00. The number of nitrogens with zero attached hydrogens (tertiary/aromatic N) is 1. The van der Waals surface area contributed by atoms with Crippen molar-refractivity contribution in [1.82, 2.24) is 10.2 Å². The molecule has 2 amide bonds. The zero-order chi connectivity index (χ0) is 19.6. The molecule has 1 heterocycles. The Morgan fingerprint density at radius 2 is 1.93 bits per heavy atom. The average molecular weight is 374 g/mol.